The van der Waals surface area contributed by atoms with E-state index in [2.05, 4.69) is 54.4 Å². The van der Waals surface area contributed by atoms with Gasteiger partial charge in [-0.2, -0.15) is 0 Å². The SMILES string of the molecule is CCCNC1CCOCC1CN(CC)c1ccccc1. The van der Waals surface area contributed by atoms with Gasteiger partial charge in [-0.05, 0) is 38.4 Å². The van der Waals surface area contributed by atoms with Gasteiger partial charge in [-0.15, -0.1) is 0 Å². The Morgan fingerprint density at radius 2 is 2.05 bits per heavy atom. The lowest BCUT2D eigenvalue weighted by Gasteiger charge is -2.36. The maximum absolute atomic E-state index is 5.71. The molecule has 1 aliphatic rings. The molecule has 112 valence electrons. The predicted octanol–water partition coefficient (Wildman–Crippen LogP) is 2.92. The van der Waals surface area contributed by atoms with Crippen LogP contribution in [0.4, 0.5) is 5.69 Å². The Bertz CT molecular complexity index is 369. The summed E-state index contributed by atoms with van der Waals surface area (Å²) in [6.07, 6.45) is 2.33. The van der Waals surface area contributed by atoms with Crippen molar-refractivity contribution in [3.63, 3.8) is 0 Å². The van der Waals surface area contributed by atoms with E-state index < -0.39 is 0 Å². The molecule has 1 aromatic carbocycles. The highest BCUT2D eigenvalue weighted by Gasteiger charge is 2.26. The van der Waals surface area contributed by atoms with Crippen LogP contribution < -0.4 is 10.2 Å². The van der Waals surface area contributed by atoms with Crippen molar-refractivity contribution in [3.8, 4) is 0 Å². The minimum Gasteiger partial charge on any atom is -0.381 e. The lowest BCUT2D eigenvalue weighted by molar-refractivity contribution is 0.0348. The molecular weight excluding hydrogens is 248 g/mol. The van der Waals surface area contributed by atoms with Crippen LogP contribution >= 0.6 is 0 Å². The molecule has 1 saturated heterocycles. The summed E-state index contributed by atoms with van der Waals surface area (Å²) >= 11 is 0. The number of hydrogen-bond acceptors (Lipinski definition) is 3. The number of para-hydroxylation sites is 1. The Hall–Kier alpha value is -1.06. The number of anilines is 1. The summed E-state index contributed by atoms with van der Waals surface area (Å²) in [5, 5.41) is 3.70. The van der Waals surface area contributed by atoms with Crippen molar-refractivity contribution in [2.75, 3.05) is 37.7 Å². The van der Waals surface area contributed by atoms with Crippen LogP contribution in [0.25, 0.3) is 0 Å². The Morgan fingerprint density at radius 1 is 1.25 bits per heavy atom. The van der Waals surface area contributed by atoms with Crippen LogP contribution in [0.15, 0.2) is 30.3 Å². The Morgan fingerprint density at radius 3 is 2.75 bits per heavy atom. The van der Waals surface area contributed by atoms with Crippen LogP contribution in [0.5, 0.6) is 0 Å². The van der Waals surface area contributed by atoms with Crippen LogP contribution in [-0.4, -0.2) is 38.9 Å². The molecule has 0 aliphatic carbocycles. The maximum atomic E-state index is 5.71. The third kappa shape index (κ3) is 4.22. The van der Waals surface area contributed by atoms with Crippen molar-refractivity contribution in [2.24, 2.45) is 5.92 Å². The molecule has 0 bridgehead atoms. The van der Waals surface area contributed by atoms with Crippen molar-refractivity contribution in [1.82, 2.24) is 5.32 Å². The van der Waals surface area contributed by atoms with Crippen LogP contribution in [0.1, 0.15) is 26.7 Å². The standard InChI is InChI=1S/C17H28N2O/c1-3-11-18-17-10-12-20-14-15(17)13-19(4-2)16-8-6-5-7-9-16/h5-9,15,17-18H,3-4,10-14H2,1-2H3. The molecule has 0 aromatic heterocycles. The summed E-state index contributed by atoms with van der Waals surface area (Å²) in [6.45, 7) is 9.45. The highest BCUT2D eigenvalue weighted by atomic mass is 16.5. The average Bonchev–Trinajstić information content (AvgIpc) is 2.52. The molecule has 1 heterocycles. The van der Waals surface area contributed by atoms with Gasteiger partial charge >= 0.3 is 0 Å². The van der Waals surface area contributed by atoms with E-state index in [0.717, 1.165) is 39.3 Å². The molecule has 2 rings (SSSR count). The van der Waals surface area contributed by atoms with Gasteiger partial charge in [-0.25, -0.2) is 0 Å². The molecule has 1 aliphatic heterocycles. The molecule has 3 nitrogen and oxygen atoms in total. The fraction of sp³-hybridized carbons (Fsp3) is 0.647. The summed E-state index contributed by atoms with van der Waals surface area (Å²) in [7, 11) is 0. The van der Waals surface area contributed by atoms with Crippen molar-refractivity contribution < 1.29 is 4.74 Å². The highest BCUT2D eigenvalue weighted by Crippen LogP contribution is 2.20. The molecule has 20 heavy (non-hydrogen) atoms. The number of hydrogen-bond donors (Lipinski definition) is 1. The average molecular weight is 276 g/mol. The molecule has 2 atom stereocenters. The van der Waals surface area contributed by atoms with E-state index in [0.29, 0.717) is 12.0 Å². The molecule has 1 aromatic rings. The van der Waals surface area contributed by atoms with Gasteiger partial charge in [0.25, 0.3) is 0 Å². The highest BCUT2D eigenvalue weighted by molar-refractivity contribution is 5.45. The second-order valence-corrected chi connectivity index (χ2v) is 5.56. The fourth-order valence-electron chi connectivity index (χ4n) is 2.91. The molecule has 0 saturated carbocycles. The molecular formula is C17H28N2O. The monoisotopic (exact) mass is 276 g/mol. The molecule has 1 fully saturated rings. The zero-order valence-corrected chi connectivity index (χ0v) is 12.8. The van der Waals surface area contributed by atoms with E-state index in [1.54, 1.807) is 0 Å². The van der Waals surface area contributed by atoms with Gasteiger partial charge in [0, 0.05) is 37.3 Å². The first-order valence-corrected chi connectivity index (χ1v) is 7.96. The Kier molecular flexibility index (Phi) is 6.34. The lowest BCUT2D eigenvalue weighted by atomic mass is 9.94. The summed E-state index contributed by atoms with van der Waals surface area (Å²) in [5.41, 5.74) is 1.31. The van der Waals surface area contributed by atoms with Gasteiger partial charge in [-0.1, -0.05) is 25.1 Å². The van der Waals surface area contributed by atoms with Crippen molar-refractivity contribution in [1.29, 1.82) is 0 Å². The normalized spacial score (nSPS) is 22.7. The predicted molar refractivity (Wildman–Crippen MR) is 85.3 cm³/mol. The molecule has 0 radical (unpaired) electrons. The third-order valence-electron chi connectivity index (χ3n) is 4.09. The van der Waals surface area contributed by atoms with Crippen LogP contribution in [0.3, 0.4) is 0 Å². The molecule has 1 N–H and O–H groups in total. The van der Waals surface area contributed by atoms with E-state index in [-0.39, 0.29) is 0 Å². The van der Waals surface area contributed by atoms with Crippen LogP contribution in [-0.2, 0) is 4.74 Å². The van der Waals surface area contributed by atoms with Crippen LogP contribution in [0, 0.1) is 5.92 Å². The lowest BCUT2D eigenvalue weighted by Crippen LogP contribution is -2.48. The first-order chi connectivity index (χ1) is 9.85. The summed E-state index contributed by atoms with van der Waals surface area (Å²) in [5.74, 6) is 0.579. The van der Waals surface area contributed by atoms with E-state index in [4.69, 9.17) is 4.74 Å². The van der Waals surface area contributed by atoms with Gasteiger partial charge in [0.2, 0.25) is 0 Å². The largest absolute Gasteiger partial charge is 0.381 e. The first kappa shape index (κ1) is 15.3. The minimum atomic E-state index is 0.579. The van der Waals surface area contributed by atoms with Gasteiger partial charge in [0.15, 0.2) is 0 Å². The van der Waals surface area contributed by atoms with Crippen molar-refractivity contribution in [2.45, 2.75) is 32.7 Å². The fourth-order valence-corrected chi connectivity index (χ4v) is 2.91. The van der Waals surface area contributed by atoms with E-state index in [1.807, 2.05) is 0 Å². The summed E-state index contributed by atoms with van der Waals surface area (Å²) < 4.78 is 5.71. The summed E-state index contributed by atoms with van der Waals surface area (Å²) in [6, 6.07) is 11.3. The number of nitrogens with one attached hydrogen (secondary N) is 1. The maximum Gasteiger partial charge on any atom is 0.0526 e. The van der Waals surface area contributed by atoms with Gasteiger partial charge in [-0.3, -0.25) is 0 Å². The third-order valence-corrected chi connectivity index (χ3v) is 4.09. The van der Waals surface area contributed by atoms with E-state index >= 15 is 0 Å². The Labute approximate surface area is 123 Å². The zero-order chi connectivity index (χ0) is 14.2. The first-order valence-electron chi connectivity index (χ1n) is 7.96. The molecule has 0 spiro atoms. The second-order valence-electron chi connectivity index (χ2n) is 5.56. The molecule has 0 amide bonds. The van der Waals surface area contributed by atoms with Gasteiger partial charge < -0.3 is 15.0 Å². The quantitative estimate of drug-likeness (QED) is 0.829. The van der Waals surface area contributed by atoms with Crippen molar-refractivity contribution in [3.05, 3.63) is 30.3 Å². The van der Waals surface area contributed by atoms with E-state index in [1.165, 1.54) is 12.1 Å². The molecule has 3 heteroatoms. The second kappa shape index (κ2) is 8.28. The molecule has 2 unspecified atom stereocenters. The van der Waals surface area contributed by atoms with Crippen LogP contribution in [0.2, 0.25) is 0 Å². The van der Waals surface area contributed by atoms with Gasteiger partial charge in [0.1, 0.15) is 0 Å². The topological polar surface area (TPSA) is 24.5 Å². The van der Waals surface area contributed by atoms with Crippen molar-refractivity contribution >= 4 is 5.69 Å². The number of rotatable bonds is 7. The minimum absolute atomic E-state index is 0.579. The van der Waals surface area contributed by atoms with E-state index in [9.17, 15) is 0 Å². The smallest absolute Gasteiger partial charge is 0.0526 e. The Balaban J connectivity index is 1.97. The number of benzene rings is 1. The number of ether oxygens (including phenoxy) is 1. The summed E-state index contributed by atoms with van der Waals surface area (Å²) in [4.78, 5) is 2.46. The number of nitrogens with zero attached hydrogens (tertiary/aromatic N) is 1. The zero-order valence-electron chi connectivity index (χ0n) is 12.8. The van der Waals surface area contributed by atoms with Gasteiger partial charge in [0.05, 0.1) is 6.61 Å².